The van der Waals surface area contributed by atoms with Crippen molar-refractivity contribution in [1.82, 2.24) is 5.43 Å². The Morgan fingerprint density at radius 3 is 2.65 bits per heavy atom. The predicted octanol–water partition coefficient (Wildman–Crippen LogP) is 5.44. The van der Waals surface area contributed by atoms with Gasteiger partial charge >= 0.3 is 5.91 Å². The Labute approximate surface area is 184 Å². The highest BCUT2D eigenvalue weighted by Crippen LogP contribution is 2.36. The van der Waals surface area contributed by atoms with Crippen molar-refractivity contribution in [3.05, 3.63) is 94.7 Å². The molecule has 0 saturated carbocycles. The summed E-state index contributed by atoms with van der Waals surface area (Å²) in [6.07, 6.45) is 1.47. The van der Waals surface area contributed by atoms with E-state index < -0.39 is 5.91 Å². The number of para-hydroxylation sites is 1. The lowest BCUT2D eigenvalue weighted by Crippen LogP contribution is -2.16. The van der Waals surface area contributed by atoms with Crippen molar-refractivity contribution in [2.24, 2.45) is 5.10 Å². The number of benzene rings is 3. The summed E-state index contributed by atoms with van der Waals surface area (Å²) in [5.41, 5.74) is 4.74. The standard InChI is InChI=1S/C24H19ClN2O4/c1-29-21-12-17(11-19(25)23(21)30-15-16-7-3-2-4-8-16)14-26-27-24(28)22-13-18-9-5-6-10-20(18)31-22/h2-14H,15H2,1H3,(H,27,28)/b26-14+. The molecule has 31 heavy (non-hydrogen) atoms. The van der Waals surface area contributed by atoms with Crippen molar-refractivity contribution in [2.45, 2.75) is 6.61 Å². The quantitative estimate of drug-likeness (QED) is 0.310. The molecule has 0 aliphatic rings. The highest BCUT2D eigenvalue weighted by atomic mass is 35.5. The number of ether oxygens (including phenoxy) is 2. The third-order valence-corrected chi connectivity index (χ3v) is 4.79. The van der Waals surface area contributed by atoms with E-state index in [1.165, 1.54) is 13.3 Å². The number of hydrogen-bond donors (Lipinski definition) is 1. The minimum Gasteiger partial charge on any atom is -0.493 e. The second-order valence-electron chi connectivity index (χ2n) is 6.66. The summed E-state index contributed by atoms with van der Waals surface area (Å²) < 4.78 is 16.8. The van der Waals surface area contributed by atoms with Crippen molar-refractivity contribution in [1.29, 1.82) is 0 Å². The molecule has 3 aromatic carbocycles. The van der Waals surface area contributed by atoms with Crippen molar-refractivity contribution in [3.8, 4) is 11.5 Å². The van der Waals surface area contributed by atoms with E-state index in [-0.39, 0.29) is 5.76 Å². The van der Waals surface area contributed by atoms with Crippen LogP contribution in [0.3, 0.4) is 0 Å². The number of halogens is 1. The van der Waals surface area contributed by atoms with Gasteiger partial charge in [-0.25, -0.2) is 5.43 Å². The van der Waals surface area contributed by atoms with Gasteiger partial charge in [-0.1, -0.05) is 60.1 Å². The fraction of sp³-hybridized carbons (Fsp3) is 0.0833. The van der Waals surface area contributed by atoms with Crippen LogP contribution in [0.25, 0.3) is 11.0 Å². The lowest BCUT2D eigenvalue weighted by Gasteiger charge is -2.13. The van der Waals surface area contributed by atoms with Crippen LogP contribution in [0.2, 0.25) is 5.02 Å². The number of nitrogens with zero attached hydrogens (tertiary/aromatic N) is 1. The first-order chi connectivity index (χ1) is 15.1. The van der Waals surface area contributed by atoms with Crippen LogP contribution in [0.4, 0.5) is 0 Å². The molecule has 0 fully saturated rings. The third-order valence-electron chi connectivity index (χ3n) is 4.51. The maximum absolute atomic E-state index is 12.3. The molecule has 6 nitrogen and oxygen atoms in total. The number of furan rings is 1. The Kier molecular flexibility index (Phi) is 6.19. The van der Waals surface area contributed by atoms with Crippen molar-refractivity contribution < 1.29 is 18.7 Å². The zero-order chi connectivity index (χ0) is 21.6. The Bertz CT molecular complexity index is 1200. The Morgan fingerprint density at radius 2 is 1.87 bits per heavy atom. The Hall–Kier alpha value is -3.77. The number of nitrogens with one attached hydrogen (secondary N) is 1. The number of methoxy groups -OCH3 is 1. The van der Waals surface area contributed by atoms with Gasteiger partial charge in [-0.3, -0.25) is 4.79 Å². The molecular formula is C24H19ClN2O4. The van der Waals surface area contributed by atoms with Gasteiger partial charge in [0.1, 0.15) is 12.2 Å². The van der Waals surface area contributed by atoms with Crippen LogP contribution in [0, 0.1) is 0 Å². The maximum atomic E-state index is 12.3. The third kappa shape index (κ3) is 4.87. The van der Waals surface area contributed by atoms with Gasteiger partial charge in [0.25, 0.3) is 0 Å². The molecule has 1 heterocycles. The van der Waals surface area contributed by atoms with Crippen LogP contribution in [0.1, 0.15) is 21.7 Å². The number of fused-ring (bicyclic) bond motifs is 1. The predicted molar refractivity (Wildman–Crippen MR) is 120 cm³/mol. The van der Waals surface area contributed by atoms with Gasteiger partial charge in [0.15, 0.2) is 17.3 Å². The molecule has 0 aliphatic carbocycles. The van der Waals surface area contributed by atoms with Crippen molar-refractivity contribution >= 4 is 34.7 Å². The molecule has 0 aliphatic heterocycles. The topological polar surface area (TPSA) is 73.1 Å². The van der Waals surface area contributed by atoms with E-state index >= 15 is 0 Å². The van der Waals surface area contributed by atoms with Crippen LogP contribution in [-0.4, -0.2) is 19.2 Å². The molecule has 7 heteroatoms. The van der Waals surface area contributed by atoms with Gasteiger partial charge in [-0.2, -0.15) is 5.10 Å². The molecule has 0 unspecified atom stereocenters. The van der Waals surface area contributed by atoms with Gasteiger partial charge in [0.2, 0.25) is 0 Å². The molecule has 1 amide bonds. The highest BCUT2D eigenvalue weighted by molar-refractivity contribution is 6.32. The molecule has 4 rings (SSSR count). The van der Waals surface area contributed by atoms with E-state index in [0.29, 0.717) is 34.3 Å². The van der Waals surface area contributed by atoms with E-state index in [9.17, 15) is 4.79 Å². The number of rotatable bonds is 7. The number of carbonyl (C=O) groups is 1. The van der Waals surface area contributed by atoms with Crippen LogP contribution < -0.4 is 14.9 Å². The summed E-state index contributed by atoms with van der Waals surface area (Å²) in [5, 5.41) is 5.21. The fourth-order valence-electron chi connectivity index (χ4n) is 3.00. The molecule has 0 bridgehead atoms. The van der Waals surface area contributed by atoms with Gasteiger partial charge in [0.05, 0.1) is 18.3 Å². The minimum atomic E-state index is -0.451. The number of amides is 1. The van der Waals surface area contributed by atoms with Crippen molar-refractivity contribution in [3.63, 3.8) is 0 Å². The summed E-state index contributed by atoms with van der Waals surface area (Å²) in [6.45, 7) is 0.359. The first kappa shape index (κ1) is 20.5. The van der Waals surface area contributed by atoms with E-state index in [1.54, 1.807) is 24.3 Å². The summed E-state index contributed by atoms with van der Waals surface area (Å²) in [4.78, 5) is 12.3. The number of hydrazone groups is 1. The lowest BCUT2D eigenvalue weighted by molar-refractivity contribution is 0.0929. The second kappa shape index (κ2) is 9.36. The first-order valence-corrected chi connectivity index (χ1v) is 9.88. The fourth-order valence-corrected chi connectivity index (χ4v) is 3.27. The van der Waals surface area contributed by atoms with E-state index in [1.807, 2.05) is 48.5 Å². The molecule has 0 spiro atoms. The monoisotopic (exact) mass is 434 g/mol. The molecule has 1 N–H and O–H groups in total. The molecule has 1 aromatic heterocycles. The van der Waals surface area contributed by atoms with Crippen LogP contribution in [0.5, 0.6) is 11.5 Å². The average molecular weight is 435 g/mol. The zero-order valence-corrected chi connectivity index (χ0v) is 17.4. The maximum Gasteiger partial charge on any atom is 0.307 e. The highest BCUT2D eigenvalue weighted by Gasteiger charge is 2.13. The molecule has 0 saturated heterocycles. The lowest BCUT2D eigenvalue weighted by atomic mass is 10.2. The normalized spacial score (nSPS) is 11.0. The number of hydrogen-bond acceptors (Lipinski definition) is 5. The van der Waals surface area contributed by atoms with Crippen LogP contribution in [0.15, 0.2) is 82.3 Å². The largest absolute Gasteiger partial charge is 0.493 e. The average Bonchev–Trinajstić information content (AvgIpc) is 3.23. The molecule has 0 radical (unpaired) electrons. The zero-order valence-electron chi connectivity index (χ0n) is 16.7. The molecule has 156 valence electrons. The van der Waals surface area contributed by atoms with E-state index in [2.05, 4.69) is 10.5 Å². The van der Waals surface area contributed by atoms with Gasteiger partial charge in [-0.15, -0.1) is 0 Å². The van der Waals surface area contributed by atoms with Gasteiger partial charge in [0, 0.05) is 5.39 Å². The first-order valence-electron chi connectivity index (χ1n) is 9.50. The summed E-state index contributed by atoms with van der Waals surface area (Å²) in [5.74, 6) is 0.636. The summed E-state index contributed by atoms with van der Waals surface area (Å²) in [7, 11) is 1.53. The van der Waals surface area contributed by atoms with Gasteiger partial charge < -0.3 is 13.9 Å². The minimum absolute atomic E-state index is 0.179. The van der Waals surface area contributed by atoms with Crippen LogP contribution >= 0.6 is 11.6 Å². The van der Waals surface area contributed by atoms with Crippen LogP contribution in [-0.2, 0) is 6.61 Å². The summed E-state index contributed by atoms with van der Waals surface area (Å²) in [6, 6.07) is 22.2. The molecular weight excluding hydrogens is 416 g/mol. The smallest absolute Gasteiger partial charge is 0.307 e. The van der Waals surface area contributed by atoms with E-state index in [4.69, 9.17) is 25.5 Å². The SMILES string of the molecule is COc1cc(/C=N/NC(=O)c2cc3ccccc3o2)cc(Cl)c1OCc1ccccc1. The second-order valence-corrected chi connectivity index (χ2v) is 7.06. The molecule has 0 atom stereocenters. The Morgan fingerprint density at radius 1 is 1.10 bits per heavy atom. The number of carbonyl (C=O) groups excluding carboxylic acids is 1. The van der Waals surface area contributed by atoms with Gasteiger partial charge in [-0.05, 0) is 35.4 Å². The summed E-state index contributed by atoms with van der Waals surface area (Å²) >= 11 is 6.39. The van der Waals surface area contributed by atoms with E-state index in [0.717, 1.165) is 10.9 Å². The van der Waals surface area contributed by atoms with Crippen molar-refractivity contribution in [2.75, 3.05) is 7.11 Å². The molecule has 4 aromatic rings. The Balaban J connectivity index is 1.44.